The fraction of sp³-hybridized carbons (Fsp3) is 0.214. The quantitative estimate of drug-likeness (QED) is 0.524. The number of carbonyl (C=O) groups excluding carboxylic acids is 2. The minimum absolute atomic E-state index is 0.245. The van der Waals surface area contributed by atoms with Crippen molar-refractivity contribution in [2.24, 2.45) is 0 Å². The number of benzene rings is 3. The minimum atomic E-state index is -0.277. The van der Waals surface area contributed by atoms with Crippen LogP contribution in [0.25, 0.3) is 5.57 Å². The summed E-state index contributed by atoms with van der Waals surface area (Å²) in [4.78, 5) is 28.3. The number of imide groups is 1. The fourth-order valence-corrected chi connectivity index (χ4v) is 4.09. The molecule has 0 aliphatic carbocycles. The molecule has 3 aromatic rings. The van der Waals surface area contributed by atoms with Crippen molar-refractivity contribution in [2.75, 3.05) is 11.9 Å². The largest absolute Gasteiger partial charge is 0.350 e. The van der Waals surface area contributed by atoms with Crippen LogP contribution < -0.4 is 5.32 Å². The highest BCUT2D eigenvalue weighted by molar-refractivity contribution is 6.36. The lowest BCUT2D eigenvalue weighted by atomic mass is 9.97. The van der Waals surface area contributed by atoms with E-state index in [1.54, 1.807) is 0 Å². The van der Waals surface area contributed by atoms with Crippen molar-refractivity contribution in [3.05, 3.63) is 106 Å². The van der Waals surface area contributed by atoms with Crippen LogP contribution >= 0.6 is 0 Å². The summed E-state index contributed by atoms with van der Waals surface area (Å²) in [6.45, 7) is 6.45. The van der Waals surface area contributed by atoms with Crippen molar-refractivity contribution in [1.82, 2.24) is 4.90 Å². The van der Waals surface area contributed by atoms with E-state index in [1.807, 2.05) is 86.6 Å². The number of hydrogen-bond donors (Lipinski definition) is 1. The summed E-state index contributed by atoms with van der Waals surface area (Å²) in [5.74, 6) is -0.522. The summed E-state index contributed by atoms with van der Waals surface area (Å²) in [6, 6.07) is 23.9. The Morgan fingerprint density at radius 2 is 1.53 bits per heavy atom. The topological polar surface area (TPSA) is 49.4 Å². The van der Waals surface area contributed by atoms with E-state index in [1.165, 1.54) is 10.5 Å². The van der Waals surface area contributed by atoms with Crippen LogP contribution in [0, 0.1) is 13.8 Å². The van der Waals surface area contributed by atoms with Gasteiger partial charge < -0.3 is 5.32 Å². The fourth-order valence-electron chi connectivity index (χ4n) is 4.09. The maximum atomic E-state index is 13.5. The van der Waals surface area contributed by atoms with Gasteiger partial charge in [-0.05, 0) is 61.1 Å². The van der Waals surface area contributed by atoms with E-state index in [0.29, 0.717) is 24.2 Å². The second-order valence-corrected chi connectivity index (χ2v) is 8.24. The number of rotatable bonds is 7. The Bertz CT molecular complexity index is 1180. The van der Waals surface area contributed by atoms with Gasteiger partial charge in [0.25, 0.3) is 11.8 Å². The molecule has 0 radical (unpaired) electrons. The zero-order chi connectivity index (χ0) is 22.7. The summed E-state index contributed by atoms with van der Waals surface area (Å²) in [7, 11) is 0. The highest BCUT2D eigenvalue weighted by atomic mass is 16.2. The summed E-state index contributed by atoms with van der Waals surface area (Å²) in [6.07, 6.45) is 1.57. The van der Waals surface area contributed by atoms with E-state index in [2.05, 4.69) is 12.2 Å². The summed E-state index contributed by atoms with van der Waals surface area (Å²) in [5.41, 5.74) is 6.80. The van der Waals surface area contributed by atoms with Gasteiger partial charge in [0, 0.05) is 12.2 Å². The first-order valence-corrected chi connectivity index (χ1v) is 11.1. The van der Waals surface area contributed by atoms with Crippen LogP contribution in [-0.2, 0) is 22.4 Å². The van der Waals surface area contributed by atoms with Gasteiger partial charge in [-0.15, -0.1) is 0 Å². The standard InChI is InChI=1S/C28H28N2O2/c1-4-21-11-13-23(14-12-21)29-26-25(24-15-10-19(2)18-20(24)3)27(31)30(28(26)32)17-16-22-8-6-5-7-9-22/h5-15,18,29H,4,16-17H2,1-3H3. The van der Waals surface area contributed by atoms with E-state index in [9.17, 15) is 9.59 Å². The molecule has 0 unspecified atom stereocenters. The Morgan fingerprint density at radius 1 is 0.812 bits per heavy atom. The third-order valence-corrected chi connectivity index (χ3v) is 5.92. The van der Waals surface area contributed by atoms with Gasteiger partial charge in [-0.3, -0.25) is 14.5 Å². The Balaban J connectivity index is 1.69. The van der Waals surface area contributed by atoms with Crippen LogP contribution in [0.1, 0.15) is 34.7 Å². The third kappa shape index (κ3) is 4.35. The molecule has 0 bridgehead atoms. The highest BCUT2D eigenvalue weighted by Gasteiger charge is 2.39. The molecule has 4 heteroatoms. The normalized spacial score (nSPS) is 13.8. The van der Waals surface area contributed by atoms with Crippen LogP contribution in [-0.4, -0.2) is 23.3 Å². The molecule has 3 aromatic carbocycles. The van der Waals surface area contributed by atoms with Crippen molar-refractivity contribution < 1.29 is 9.59 Å². The number of amides is 2. The molecule has 162 valence electrons. The molecule has 1 aliphatic rings. The number of anilines is 1. The molecule has 0 spiro atoms. The van der Waals surface area contributed by atoms with Gasteiger partial charge in [-0.25, -0.2) is 0 Å². The average molecular weight is 425 g/mol. The number of carbonyl (C=O) groups is 2. The van der Waals surface area contributed by atoms with Crippen LogP contribution in [0.5, 0.6) is 0 Å². The van der Waals surface area contributed by atoms with E-state index in [0.717, 1.165) is 34.4 Å². The first kappa shape index (κ1) is 21.6. The maximum absolute atomic E-state index is 13.5. The van der Waals surface area contributed by atoms with Gasteiger partial charge in [0.1, 0.15) is 5.70 Å². The molecule has 0 fully saturated rings. The van der Waals surface area contributed by atoms with Gasteiger partial charge >= 0.3 is 0 Å². The van der Waals surface area contributed by atoms with Crippen molar-refractivity contribution in [2.45, 2.75) is 33.6 Å². The molecule has 2 amide bonds. The lowest BCUT2D eigenvalue weighted by molar-refractivity contribution is -0.136. The van der Waals surface area contributed by atoms with Crippen LogP contribution in [0.2, 0.25) is 0 Å². The summed E-state index contributed by atoms with van der Waals surface area (Å²) >= 11 is 0. The van der Waals surface area contributed by atoms with E-state index >= 15 is 0 Å². The molecule has 32 heavy (non-hydrogen) atoms. The van der Waals surface area contributed by atoms with Crippen LogP contribution in [0.15, 0.2) is 78.5 Å². The van der Waals surface area contributed by atoms with Crippen molar-refractivity contribution >= 4 is 23.1 Å². The number of hydrogen-bond acceptors (Lipinski definition) is 3. The van der Waals surface area contributed by atoms with Crippen molar-refractivity contribution in [1.29, 1.82) is 0 Å². The molecule has 0 saturated heterocycles. The van der Waals surface area contributed by atoms with Gasteiger partial charge in [0.15, 0.2) is 0 Å². The SMILES string of the molecule is CCc1ccc(NC2=C(c3ccc(C)cc3C)C(=O)N(CCc3ccccc3)C2=O)cc1. The molecule has 1 aliphatic heterocycles. The summed E-state index contributed by atoms with van der Waals surface area (Å²) in [5, 5.41) is 3.26. The Labute approximate surface area is 189 Å². The minimum Gasteiger partial charge on any atom is -0.350 e. The number of nitrogens with one attached hydrogen (secondary N) is 1. The zero-order valence-corrected chi connectivity index (χ0v) is 18.8. The predicted molar refractivity (Wildman–Crippen MR) is 129 cm³/mol. The average Bonchev–Trinajstić information content (AvgIpc) is 3.03. The van der Waals surface area contributed by atoms with E-state index in [-0.39, 0.29) is 11.8 Å². The molecule has 1 N–H and O–H groups in total. The van der Waals surface area contributed by atoms with Crippen LogP contribution in [0.4, 0.5) is 5.69 Å². The van der Waals surface area contributed by atoms with Gasteiger partial charge in [0.2, 0.25) is 0 Å². The van der Waals surface area contributed by atoms with Crippen molar-refractivity contribution in [3.63, 3.8) is 0 Å². The molecular formula is C28H28N2O2. The molecule has 4 rings (SSSR count). The number of aryl methyl sites for hydroxylation is 3. The van der Waals surface area contributed by atoms with Gasteiger partial charge in [-0.1, -0.05) is 73.2 Å². The predicted octanol–water partition coefficient (Wildman–Crippen LogP) is 5.30. The lowest BCUT2D eigenvalue weighted by Gasteiger charge is -2.15. The Hall–Kier alpha value is -3.66. The zero-order valence-electron chi connectivity index (χ0n) is 18.8. The van der Waals surface area contributed by atoms with Gasteiger partial charge in [0.05, 0.1) is 5.57 Å². The highest BCUT2D eigenvalue weighted by Crippen LogP contribution is 2.32. The second kappa shape index (κ2) is 9.23. The second-order valence-electron chi connectivity index (χ2n) is 8.24. The number of nitrogens with zero attached hydrogens (tertiary/aromatic N) is 1. The Morgan fingerprint density at radius 3 is 2.19 bits per heavy atom. The molecule has 0 aromatic heterocycles. The van der Waals surface area contributed by atoms with E-state index < -0.39 is 0 Å². The van der Waals surface area contributed by atoms with Crippen molar-refractivity contribution in [3.8, 4) is 0 Å². The van der Waals surface area contributed by atoms with E-state index in [4.69, 9.17) is 0 Å². The monoisotopic (exact) mass is 424 g/mol. The maximum Gasteiger partial charge on any atom is 0.278 e. The molecule has 0 atom stereocenters. The first-order valence-electron chi connectivity index (χ1n) is 11.1. The Kier molecular flexibility index (Phi) is 6.22. The molecule has 0 saturated carbocycles. The molecular weight excluding hydrogens is 396 g/mol. The third-order valence-electron chi connectivity index (χ3n) is 5.92. The summed E-state index contributed by atoms with van der Waals surface area (Å²) < 4.78 is 0. The van der Waals surface area contributed by atoms with Crippen LogP contribution in [0.3, 0.4) is 0 Å². The lowest BCUT2D eigenvalue weighted by Crippen LogP contribution is -2.34. The first-order chi connectivity index (χ1) is 15.5. The smallest absolute Gasteiger partial charge is 0.278 e. The molecule has 1 heterocycles. The van der Waals surface area contributed by atoms with Gasteiger partial charge in [-0.2, -0.15) is 0 Å². The molecule has 4 nitrogen and oxygen atoms in total.